The monoisotopic (exact) mass is 456 g/mol. The van der Waals surface area contributed by atoms with E-state index in [-0.39, 0.29) is 29.5 Å². The van der Waals surface area contributed by atoms with Crippen LogP contribution in [0, 0.1) is 0 Å². The number of hydrogen-bond donors (Lipinski definition) is 1. The highest BCUT2D eigenvalue weighted by Gasteiger charge is 2.50. The van der Waals surface area contributed by atoms with Gasteiger partial charge in [-0.05, 0) is 61.7 Å². The van der Waals surface area contributed by atoms with E-state index in [1.807, 2.05) is 13.0 Å². The van der Waals surface area contributed by atoms with Crippen LogP contribution in [0.25, 0.3) is 6.08 Å². The standard InChI is InChI=1S/C25H32N2O4S/c1-3-6-19-7-9-20(10-8-19)25-23-17-26(15-4-5-16-27(23)24(25)18-28)32(29,30)22-13-11-21(31-2)12-14-22/h3,6-14,23-25,28H,4-5,15-18H2,1-2H3/b6-3+/t23-,24-,25-/m0/s1. The first-order chi connectivity index (χ1) is 15.5. The number of aliphatic hydroxyl groups excluding tert-OH is 1. The van der Waals surface area contributed by atoms with Crippen molar-refractivity contribution in [3.8, 4) is 5.75 Å². The molecule has 2 fully saturated rings. The zero-order chi connectivity index (χ0) is 22.7. The van der Waals surface area contributed by atoms with E-state index < -0.39 is 10.0 Å². The molecule has 0 saturated carbocycles. The SMILES string of the molecule is C/C=C/c1ccc([C@@H]2[C@H](CO)N3CCCCN(S(=O)(=O)c4ccc(OC)cc4)C[C@@H]23)cc1. The highest BCUT2D eigenvalue weighted by molar-refractivity contribution is 7.89. The van der Waals surface area contributed by atoms with Crippen LogP contribution in [0.1, 0.15) is 36.8 Å². The van der Waals surface area contributed by atoms with E-state index in [1.165, 1.54) is 0 Å². The van der Waals surface area contributed by atoms with Gasteiger partial charge in [0, 0.05) is 31.1 Å². The second kappa shape index (κ2) is 9.75. The van der Waals surface area contributed by atoms with E-state index in [0.717, 1.165) is 30.5 Å². The largest absolute Gasteiger partial charge is 0.497 e. The fraction of sp³-hybridized carbons (Fsp3) is 0.440. The molecule has 2 aromatic carbocycles. The summed E-state index contributed by atoms with van der Waals surface area (Å²) in [6, 6.07) is 15.1. The van der Waals surface area contributed by atoms with Gasteiger partial charge in [0.05, 0.1) is 18.6 Å². The van der Waals surface area contributed by atoms with Crippen molar-refractivity contribution in [2.45, 2.75) is 42.7 Å². The van der Waals surface area contributed by atoms with E-state index in [9.17, 15) is 13.5 Å². The van der Waals surface area contributed by atoms with Gasteiger partial charge in [-0.1, -0.05) is 36.4 Å². The number of rotatable bonds is 6. The van der Waals surface area contributed by atoms with Crippen molar-refractivity contribution < 1.29 is 18.3 Å². The van der Waals surface area contributed by atoms with Crippen molar-refractivity contribution in [3.05, 3.63) is 65.7 Å². The fourth-order valence-corrected chi connectivity index (χ4v) is 6.54. The Morgan fingerprint density at radius 2 is 1.75 bits per heavy atom. The van der Waals surface area contributed by atoms with Gasteiger partial charge < -0.3 is 9.84 Å². The molecule has 32 heavy (non-hydrogen) atoms. The Morgan fingerprint density at radius 3 is 2.38 bits per heavy atom. The lowest BCUT2D eigenvalue weighted by molar-refractivity contribution is -0.0553. The van der Waals surface area contributed by atoms with Crippen molar-refractivity contribution in [1.29, 1.82) is 0 Å². The number of sulfonamides is 1. The van der Waals surface area contributed by atoms with Gasteiger partial charge in [0.1, 0.15) is 5.75 Å². The molecule has 4 rings (SSSR count). The minimum Gasteiger partial charge on any atom is -0.497 e. The van der Waals surface area contributed by atoms with Gasteiger partial charge in [-0.25, -0.2) is 8.42 Å². The molecule has 0 aliphatic carbocycles. The molecule has 0 radical (unpaired) electrons. The molecule has 2 aliphatic rings. The third-order valence-corrected chi connectivity index (χ3v) is 8.59. The quantitative estimate of drug-likeness (QED) is 0.722. The van der Waals surface area contributed by atoms with Gasteiger partial charge >= 0.3 is 0 Å². The summed E-state index contributed by atoms with van der Waals surface area (Å²) in [5.41, 5.74) is 2.29. The van der Waals surface area contributed by atoms with E-state index in [1.54, 1.807) is 35.7 Å². The number of ether oxygens (including phenoxy) is 1. The van der Waals surface area contributed by atoms with Crippen molar-refractivity contribution in [3.63, 3.8) is 0 Å². The average Bonchev–Trinajstić information content (AvgIpc) is 2.79. The number of aliphatic hydroxyl groups is 1. The van der Waals surface area contributed by atoms with Crippen molar-refractivity contribution in [2.75, 3.05) is 33.4 Å². The molecular weight excluding hydrogens is 424 g/mol. The smallest absolute Gasteiger partial charge is 0.243 e. The first-order valence-corrected chi connectivity index (χ1v) is 12.7. The maximum Gasteiger partial charge on any atom is 0.243 e. The predicted molar refractivity (Wildman–Crippen MR) is 126 cm³/mol. The van der Waals surface area contributed by atoms with Crippen LogP contribution >= 0.6 is 0 Å². The Kier molecular flexibility index (Phi) is 7.00. The minimum atomic E-state index is -3.61. The van der Waals surface area contributed by atoms with Gasteiger partial charge in [-0.15, -0.1) is 0 Å². The van der Waals surface area contributed by atoms with E-state index >= 15 is 0 Å². The first kappa shape index (κ1) is 23.0. The van der Waals surface area contributed by atoms with Gasteiger partial charge in [-0.2, -0.15) is 4.31 Å². The summed E-state index contributed by atoms with van der Waals surface area (Å²) >= 11 is 0. The molecule has 0 amide bonds. The van der Waals surface area contributed by atoms with Gasteiger partial charge in [0.25, 0.3) is 0 Å². The number of fused-ring (bicyclic) bond motifs is 1. The molecule has 0 spiro atoms. The average molecular weight is 457 g/mol. The summed E-state index contributed by atoms with van der Waals surface area (Å²) in [5, 5.41) is 10.1. The molecule has 0 unspecified atom stereocenters. The summed E-state index contributed by atoms with van der Waals surface area (Å²) in [6.45, 7) is 3.88. The topological polar surface area (TPSA) is 70.1 Å². The molecule has 6 nitrogen and oxygen atoms in total. The number of nitrogens with zero attached hydrogens (tertiary/aromatic N) is 2. The van der Waals surface area contributed by atoms with Crippen LogP contribution in [0.15, 0.2) is 59.5 Å². The predicted octanol–water partition coefficient (Wildman–Crippen LogP) is 3.34. The molecular formula is C25H32N2O4S. The third kappa shape index (κ3) is 4.35. The first-order valence-electron chi connectivity index (χ1n) is 11.2. The molecule has 2 aliphatic heterocycles. The number of allylic oxidation sites excluding steroid dienone is 1. The van der Waals surface area contributed by atoms with Gasteiger partial charge in [0.15, 0.2) is 0 Å². The Labute approximate surface area is 191 Å². The van der Waals surface area contributed by atoms with Crippen LogP contribution < -0.4 is 4.74 Å². The lowest BCUT2D eigenvalue weighted by Gasteiger charge is -2.57. The number of methoxy groups -OCH3 is 1. The zero-order valence-electron chi connectivity index (χ0n) is 18.7. The Bertz CT molecular complexity index is 1030. The molecule has 172 valence electrons. The molecule has 2 saturated heterocycles. The molecule has 3 atom stereocenters. The second-order valence-corrected chi connectivity index (χ2v) is 10.4. The molecule has 7 heteroatoms. The van der Waals surface area contributed by atoms with Crippen molar-refractivity contribution in [2.24, 2.45) is 0 Å². The molecule has 2 aromatic rings. The Balaban J connectivity index is 1.61. The van der Waals surface area contributed by atoms with Crippen molar-refractivity contribution in [1.82, 2.24) is 9.21 Å². The number of hydrogen-bond acceptors (Lipinski definition) is 5. The van der Waals surface area contributed by atoms with E-state index in [2.05, 4.69) is 35.2 Å². The van der Waals surface area contributed by atoms with Crippen LogP contribution in [-0.2, 0) is 10.0 Å². The highest BCUT2D eigenvalue weighted by atomic mass is 32.2. The molecule has 0 bridgehead atoms. The lowest BCUT2D eigenvalue weighted by Crippen LogP contribution is -2.67. The van der Waals surface area contributed by atoms with Crippen LogP contribution in [0.2, 0.25) is 0 Å². The van der Waals surface area contributed by atoms with E-state index in [4.69, 9.17) is 4.74 Å². The molecule has 0 aromatic heterocycles. The third-order valence-electron chi connectivity index (χ3n) is 6.71. The van der Waals surface area contributed by atoms with Gasteiger partial charge in [-0.3, -0.25) is 4.90 Å². The van der Waals surface area contributed by atoms with Crippen LogP contribution in [-0.4, -0.2) is 68.2 Å². The maximum atomic E-state index is 13.4. The van der Waals surface area contributed by atoms with Gasteiger partial charge in [0.2, 0.25) is 10.0 Å². The zero-order valence-corrected chi connectivity index (χ0v) is 19.5. The maximum absolute atomic E-state index is 13.4. The highest BCUT2D eigenvalue weighted by Crippen LogP contribution is 2.42. The minimum absolute atomic E-state index is 0.0243. The van der Waals surface area contributed by atoms with Crippen LogP contribution in [0.5, 0.6) is 5.75 Å². The Hall–Kier alpha value is -2.19. The summed E-state index contributed by atoms with van der Waals surface area (Å²) in [5.74, 6) is 0.736. The summed E-state index contributed by atoms with van der Waals surface area (Å²) < 4.78 is 33.7. The normalized spacial score (nSPS) is 25.0. The summed E-state index contributed by atoms with van der Waals surface area (Å²) in [7, 11) is -2.05. The van der Waals surface area contributed by atoms with Crippen LogP contribution in [0.4, 0.5) is 0 Å². The molecule has 1 N–H and O–H groups in total. The number of benzene rings is 2. The second-order valence-electron chi connectivity index (χ2n) is 8.49. The van der Waals surface area contributed by atoms with Crippen molar-refractivity contribution >= 4 is 16.1 Å². The van der Waals surface area contributed by atoms with E-state index in [0.29, 0.717) is 18.8 Å². The lowest BCUT2D eigenvalue weighted by atomic mass is 9.74. The summed E-state index contributed by atoms with van der Waals surface area (Å²) in [4.78, 5) is 2.58. The fourth-order valence-electron chi connectivity index (χ4n) is 5.05. The Morgan fingerprint density at radius 1 is 1.06 bits per heavy atom. The summed E-state index contributed by atoms with van der Waals surface area (Å²) in [6.07, 6.45) is 5.78. The molecule has 2 heterocycles. The van der Waals surface area contributed by atoms with Crippen LogP contribution in [0.3, 0.4) is 0 Å².